The SMILES string of the molecule is Cc1cccnc1C(=O)NCCc1noc(CO)n1. The molecule has 2 aromatic heterocycles. The van der Waals surface area contributed by atoms with Gasteiger partial charge >= 0.3 is 0 Å². The first-order valence-electron chi connectivity index (χ1n) is 5.83. The molecule has 0 saturated heterocycles. The molecule has 1 amide bonds. The van der Waals surface area contributed by atoms with Gasteiger partial charge < -0.3 is 14.9 Å². The van der Waals surface area contributed by atoms with Gasteiger partial charge in [-0.25, -0.2) is 0 Å². The van der Waals surface area contributed by atoms with E-state index in [0.29, 0.717) is 24.5 Å². The maximum absolute atomic E-state index is 11.8. The highest BCUT2D eigenvalue weighted by molar-refractivity contribution is 5.93. The van der Waals surface area contributed by atoms with Crippen molar-refractivity contribution in [1.29, 1.82) is 0 Å². The number of nitrogens with one attached hydrogen (secondary N) is 1. The van der Waals surface area contributed by atoms with Crippen molar-refractivity contribution in [2.45, 2.75) is 20.0 Å². The standard InChI is InChI=1S/C12H14N4O3/c1-8-3-2-5-13-11(8)12(18)14-6-4-9-15-10(7-17)19-16-9/h2-3,5,17H,4,6-7H2,1H3,(H,14,18). The van der Waals surface area contributed by atoms with Crippen LogP contribution in [0.25, 0.3) is 0 Å². The summed E-state index contributed by atoms with van der Waals surface area (Å²) in [7, 11) is 0. The number of aliphatic hydroxyl groups excluding tert-OH is 1. The van der Waals surface area contributed by atoms with E-state index in [1.54, 1.807) is 12.3 Å². The summed E-state index contributed by atoms with van der Waals surface area (Å²) in [5.74, 6) is 0.382. The Hall–Kier alpha value is -2.28. The molecule has 0 bridgehead atoms. The topological polar surface area (TPSA) is 101 Å². The zero-order valence-corrected chi connectivity index (χ0v) is 10.5. The third-order valence-electron chi connectivity index (χ3n) is 2.50. The zero-order chi connectivity index (χ0) is 13.7. The molecule has 100 valence electrons. The van der Waals surface area contributed by atoms with Crippen LogP contribution in [0.4, 0.5) is 0 Å². The van der Waals surface area contributed by atoms with Crippen LogP contribution >= 0.6 is 0 Å². The van der Waals surface area contributed by atoms with E-state index in [2.05, 4.69) is 20.4 Å². The third kappa shape index (κ3) is 3.35. The number of nitrogens with zero attached hydrogens (tertiary/aromatic N) is 3. The largest absolute Gasteiger partial charge is 0.387 e. The van der Waals surface area contributed by atoms with Crippen molar-refractivity contribution in [2.75, 3.05) is 6.54 Å². The first-order chi connectivity index (χ1) is 9.20. The van der Waals surface area contributed by atoms with Crippen LogP contribution in [0.1, 0.15) is 27.8 Å². The number of hydrogen-bond donors (Lipinski definition) is 2. The number of pyridine rings is 1. The van der Waals surface area contributed by atoms with Crippen LogP contribution in [0.15, 0.2) is 22.9 Å². The molecule has 2 rings (SSSR count). The second-order valence-electron chi connectivity index (χ2n) is 3.94. The molecule has 0 aromatic carbocycles. The molecule has 0 radical (unpaired) electrons. The van der Waals surface area contributed by atoms with Gasteiger partial charge in [-0.3, -0.25) is 9.78 Å². The molecule has 2 aromatic rings. The lowest BCUT2D eigenvalue weighted by Crippen LogP contribution is -2.27. The predicted octanol–water partition coefficient (Wildman–Crippen LogP) is 0.238. The van der Waals surface area contributed by atoms with Crippen LogP contribution in [0.3, 0.4) is 0 Å². The van der Waals surface area contributed by atoms with E-state index in [0.717, 1.165) is 5.56 Å². The van der Waals surface area contributed by atoms with Crippen LogP contribution < -0.4 is 5.32 Å². The Labute approximate surface area is 109 Å². The zero-order valence-electron chi connectivity index (χ0n) is 10.5. The second kappa shape index (κ2) is 6.05. The lowest BCUT2D eigenvalue weighted by atomic mass is 10.2. The third-order valence-corrected chi connectivity index (χ3v) is 2.50. The van der Waals surface area contributed by atoms with Gasteiger partial charge in [0.25, 0.3) is 11.8 Å². The van der Waals surface area contributed by atoms with Crippen molar-refractivity contribution in [1.82, 2.24) is 20.4 Å². The van der Waals surface area contributed by atoms with Crippen LogP contribution in [0.2, 0.25) is 0 Å². The van der Waals surface area contributed by atoms with Crippen molar-refractivity contribution in [3.8, 4) is 0 Å². The predicted molar refractivity (Wildman–Crippen MR) is 65.2 cm³/mol. The fourth-order valence-electron chi connectivity index (χ4n) is 1.55. The summed E-state index contributed by atoms with van der Waals surface area (Å²) in [6.45, 7) is 1.92. The van der Waals surface area contributed by atoms with Gasteiger partial charge in [-0.1, -0.05) is 11.2 Å². The second-order valence-corrected chi connectivity index (χ2v) is 3.94. The van der Waals surface area contributed by atoms with E-state index in [1.807, 2.05) is 13.0 Å². The van der Waals surface area contributed by atoms with E-state index >= 15 is 0 Å². The Morgan fingerprint density at radius 3 is 3.05 bits per heavy atom. The van der Waals surface area contributed by atoms with Gasteiger partial charge in [0.2, 0.25) is 0 Å². The minimum Gasteiger partial charge on any atom is -0.387 e. The minimum atomic E-state index is -0.285. The van der Waals surface area contributed by atoms with Crippen LogP contribution in [0, 0.1) is 6.92 Å². The highest BCUT2D eigenvalue weighted by Gasteiger charge is 2.10. The molecule has 0 aliphatic rings. The van der Waals surface area contributed by atoms with E-state index in [-0.39, 0.29) is 18.4 Å². The van der Waals surface area contributed by atoms with Gasteiger partial charge in [0.1, 0.15) is 12.3 Å². The molecule has 0 aliphatic carbocycles. The molecule has 7 nitrogen and oxygen atoms in total. The summed E-state index contributed by atoms with van der Waals surface area (Å²) in [5, 5.41) is 15.2. The Morgan fingerprint density at radius 1 is 1.53 bits per heavy atom. The van der Waals surface area contributed by atoms with Gasteiger partial charge in [0.15, 0.2) is 5.82 Å². The molecule has 7 heteroatoms. The quantitative estimate of drug-likeness (QED) is 0.800. The molecule has 0 aliphatic heterocycles. The maximum atomic E-state index is 11.8. The van der Waals surface area contributed by atoms with E-state index in [4.69, 9.17) is 9.63 Å². The molecular formula is C12H14N4O3. The van der Waals surface area contributed by atoms with Crippen LogP contribution in [-0.2, 0) is 13.0 Å². The smallest absolute Gasteiger partial charge is 0.270 e. The van der Waals surface area contributed by atoms with Gasteiger partial charge in [0.05, 0.1) is 0 Å². The lowest BCUT2D eigenvalue weighted by Gasteiger charge is -2.04. The fraction of sp³-hybridized carbons (Fsp3) is 0.333. The monoisotopic (exact) mass is 262 g/mol. The summed E-state index contributed by atoms with van der Waals surface area (Å²) in [5.41, 5.74) is 1.23. The Balaban J connectivity index is 1.86. The summed E-state index contributed by atoms with van der Waals surface area (Å²) < 4.78 is 4.74. The molecule has 0 atom stereocenters. The summed E-state index contributed by atoms with van der Waals surface area (Å²) in [4.78, 5) is 19.8. The molecule has 0 fully saturated rings. The molecule has 19 heavy (non-hydrogen) atoms. The molecule has 0 unspecified atom stereocenters. The van der Waals surface area contributed by atoms with Crippen LogP contribution in [0.5, 0.6) is 0 Å². The average Bonchev–Trinajstić information content (AvgIpc) is 2.87. The number of aromatic nitrogens is 3. The Morgan fingerprint density at radius 2 is 2.37 bits per heavy atom. The summed E-state index contributed by atoms with van der Waals surface area (Å²) in [6, 6.07) is 3.61. The Kier molecular flexibility index (Phi) is 4.19. The maximum Gasteiger partial charge on any atom is 0.270 e. The number of hydrogen-bond acceptors (Lipinski definition) is 6. The summed E-state index contributed by atoms with van der Waals surface area (Å²) in [6.07, 6.45) is 2.01. The van der Waals surface area contributed by atoms with E-state index in [9.17, 15) is 4.79 Å². The molecule has 2 heterocycles. The molecule has 2 N–H and O–H groups in total. The summed E-state index contributed by atoms with van der Waals surface area (Å²) >= 11 is 0. The number of carbonyl (C=O) groups excluding carboxylic acids is 1. The van der Waals surface area contributed by atoms with Gasteiger partial charge in [-0.2, -0.15) is 4.98 Å². The number of amides is 1. The van der Waals surface area contributed by atoms with Gasteiger partial charge in [-0.15, -0.1) is 0 Å². The highest BCUT2D eigenvalue weighted by Crippen LogP contribution is 2.02. The Bertz CT molecular complexity index is 568. The minimum absolute atomic E-state index is 0.168. The first kappa shape index (κ1) is 13.2. The van der Waals surface area contributed by atoms with Gasteiger partial charge in [0, 0.05) is 19.2 Å². The van der Waals surface area contributed by atoms with Gasteiger partial charge in [-0.05, 0) is 18.6 Å². The normalized spacial score (nSPS) is 10.4. The fourth-order valence-corrected chi connectivity index (χ4v) is 1.55. The number of aliphatic hydroxyl groups is 1. The van der Waals surface area contributed by atoms with Crippen molar-refractivity contribution in [3.63, 3.8) is 0 Å². The molecule has 0 saturated carbocycles. The molecule has 0 spiro atoms. The van der Waals surface area contributed by atoms with Crippen molar-refractivity contribution in [2.24, 2.45) is 0 Å². The number of rotatable bonds is 5. The van der Waals surface area contributed by atoms with Crippen molar-refractivity contribution >= 4 is 5.91 Å². The number of carbonyl (C=O) groups is 1. The number of aryl methyl sites for hydroxylation is 1. The average molecular weight is 262 g/mol. The van der Waals surface area contributed by atoms with Crippen LogP contribution in [-0.4, -0.2) is 32.7 Å². The van der Waals surface area contributed by atoms with E-state index in [1.165, 1.54) is 0 Å². The van der Waals surface area contributed by atoms with E-state index < -0.39 is 0 Å². The highest BCUT2D eigenvalue weighted by atomic mass is 16.5. The van der Waals surface area contributed by atoms with Crippen molar-refractivity contribution in [3.05, 3.63) is 41.3 Å². The van der Waals surface area contributed by atoms with Crippen molar-refractivity contribution < 1.29 is 14.4 Å². The first-order valence-corrected chi connectivity index (χ1v) is 5.83. The lowest BCUT2D eigenvalue weighted by molar-refractivity contribution is 0.0948. The molecular weight excluding hydrogens is 248 g/mol.